The van der Waals surface area contributed by atoms with Gasteiger partial charge in [-0.2, -0.15) is 0 Å². The molecule has 0 aliphatic rings. The average Bonchev–Trinajstić information content (AvgIpc) is 2.58. The summed E-state index contributed by atoms with van der Waals surface area (Å²) in [7, 11) is 0. The topological polar surface area (TPSA) is 44.8 Å². The number of esters is 1. The van der Waals surface area contributed by atoms with Crippen molar-refractivity contribution in [1.29, 1.82) is 0 Å². The van der Waals surface area contributed by atoms with Crippen LogP contribution in [0.2, 0.25) is 0 Å². The Morgan fingerprint density at radius 1 is 0.889 bits per heavy atom. The number of ether oxygens (including phenoxy) is 3. The Hall–Kier alpha value is -0.610. The molecular formula is C23H46O4. The van der Waals surface area contributed by atoms with Gasteiger partial charge in [0, 0.05) is 6.61 Å². The molecule has 0 aliphatic heterocycles. The van der Waals surface area contributed by atoms with E-state index in [2.05, 4.69) is 13.8 Å². The molecule has 0 rings (SSSR count). The van der Waals surface area contributed by atoms with Crippen LogP contribution >= 0.6 is 0 Å². The number of unbranched alkanes of at least 4 members (excludes halogenated alkanes) is 5. The lowest BCUT2D eigenvalue weighted by Crippen LogP contribution is -2.38. The van der Waals surface area contributed by atoms with E-state index in [9.17, 15) is 4.79 Å². The molecule has 0 saturated carbocycles. The number of hydrogen-bond acceptors (Lipinski definition) is 4. The highest BCUT2D eigenvalue weighted by molar-refractivity contribution is 5.78. The number of rotatable bonds is 17. The summed E-state index contributed by atoms with van der Waals surface area (Å²) in [4.78, 5) is 12.2. The lowest BCUT2D eigenvalue weighted by molar-refractivity contribution is -0.172. The Bertz CT molecular complexity index is 365. The third kappa shape index (κ3) is 15.0. The summed E-state index contributed by atoms with van der Waals surface area (Å²) in [6.07, 6.45) is 11.5. The quantitative estimate of drug-likeness (QED) is 0.217. The number of carbonyl (C=O) groups excluding carboxylic acids is 1. The van der Waals surface area contributed by atoms with Crippen molar-refractivity contribution in [1.82, 2.24) is 0 Å². The predicted octanol–water partition coefficient (Wildman–Crippen LogP) is 6.31. The smallest absolute Gasteiger partial charge is 0.337 e. The van der Waals surface area contributed by atoms with Gasteiger partial charge in [-0.05, 0) is 47.0 Å². The first kappa shape index (κ1) is 26.4. The zero-order valence-electron chi connectivity index (χ0n) is 19.1. The summed E-state index contributed by atoms with van der Waals surface area (Å²) in [5.74, 6) is 0.506. The molecule has 0 amide bonds. The standard InChI is InChI=1S/C23H46O4/c1-8-9-10-12-15-20(4)16-13-11-14-17-26-23(6,7)22(24)25-18-21(5)27-19(2)3/h19-21H,8-18H2,1-7H3. The van der Waals surface area contributed by atoms with Crippen LogP contribution < -0.4 is 0 Å². The minimum Gasteiger partial charge on any atom is -0.461 e. The van der Waals surface area contributed by atoms with Gasteiger partial charge in [-0.25, -0.2) is 4.79 Å². The second-order valence-electron chi connectivity index (χ2n) is 8.76. The van der Waals surface area contributed by atoms with Crippen LogP contribution in [0.1, 0.15) is 106 Å². The molecule has 0 aromatic heterocycles. The molecule has 0 saturated heterocycles. The van der Waals surface area contributed by atoms with Crippen LogP contribution in [0.25, 0.3) is 0 Å². The molecule has 0 bridgehead atoms. The van der Waals surface area contributed by atoms with Crippen LogP contribution in [0, 0.1) is 5.92 Å². The third-order valence-corrected chi connectivity index (χ3v) is 4.80. The first-order valence-corrected chi connectivity index (χ1v) is 11.2. The molecular weight excluding hydrogens is 340 g/mol. The van der Waals surface area contributed by atoms with E-state index in [1.807, 2.05) is 20.8 Å². The Labute approximate surface area is 168 Å². The molecule has 162 valence electrons. The monoisotopic (exact) mass is 386 g/mol. The summed E-state index contributed by atoms with van der Waals surface area (Å²) >= 11 is 0. The molecule has 0 spiro atoms. The lowest BCUT2D eigenvalue weighted by atomic mass is 9.97. The van der Waals surface area contributed by atoms with Crippen molar-refractivity contribution in [2.24, 2.45) is 5.92 Å². The van der Waals surface area contributed by atoms with E-state index in [1.165, 1.54) is 44.9 Å². The van der Waals surface area contributed by atoms with Gasteiger partial charge in [-0.1, -0.05) is 65.2 Å². The van der Waals surface area contributed by atoms with Gasteiger partial charge >= 0.3 is 5.97 Å². The molecule has 0 N–H and O–H groups in total. The van der Waals surface area contributed by atoms with Crippen molar-refractivity contribution >= 4 is 5.97 Å². The summed E-state index contributed by atoms with van der Waals surface area (Å²) in [5, 5.41) is 0. The average molecular weight is 387 g/mol. The maximum Gasteiger partial charge on any atom is 0.337 e. The minimum atomic E-state index is -0.899. The number of hydrogen-bond donors (Lipinski definition) is 0. The van der Waals surface area contributed by atoms with E-state index in [1.54, 1.807) is 13.8 Å². The van der Waals surface area contributed by atoms with Gasteiger partial charge < -0.3 is 14.2 Å². The fourth-order valence-electron chi connectivity index (χ4n) is 3.09. The Morgan fingerprint density at radius 3 is 2.04 bits per heavy atom. The molecule has 0 aromatic carbocycles. The van der Waals surface area contributed by atoms with Crippen molar-refractivity contribution < 1.29 is 19.0 Å². The third-order valence-electron chi connectivity index (χ3n) is 4.80. The molecule has 4 nitrogen and oxygen atoms in total. The zero-order valence-corrected chi connectivity index (χ0v) is 19.1. The highest BCUT2D eigenvalue weighted by Gasteiger charge is 2.30. The Balaban J connectivity index is 3.77. The second kappa shape index (κ2) is 15.3. The van der Waals surface area contributed by atoms with Crippen molar-refractivity contribution in [2.75, 3.05) is 13.2 Å². The SMILES string of the molecule is CCCCCCC(C)CCCCCOC(C)(C)C(=O)OCC(C)OC(C)C. The molecule has 0 aromatic rings. The van der Waals surface area contributed by atoms with E-state index in [0.29, 0.717) is 6.61 Å². The molecule has 4 heteroatoms. The fourth-order valence-corrected chi connectivity index (χ4v) is 3.09. The van der Waals surface area contributed by atoms with Crippen LogP contribution in [-0.2, 0) is 19.0 Å². The molecule has 0 heterocycles. The van der Waals surface area contributed by atoms with Gasteiger partial charge in [0.05, 0.1) is 12.2 Å². The molecule has 2 atom stereocenters. The van der Waals surface area contributed by atoms with Crippen LogP contribution in [0.4, 0.5) is 0 Å². The van der Waals surface area contributed by atoms with Crippen LogP contribution in [0.5, 0.6) is 0 Å². The predicted molar refractivity (Wildman–Crippen MR) is 113 cm³/mol. The van der Waals surface area contributed by atoms with Gasteiger partial charge in [0.25, 0.3) is 0 Å². The van der Waals surface area contributed by atoms with Crippen molar-refractivity contribution in [3.05, 3.63) is 0 Å². The van der Waals surface area contributed by atoms with Gasteiger partial charge in [0.1, 0.15) is 6.61 Å². The number of carbonyl (C=O) groups is 1. The normalized spacial score (nSPS) is 14.4. The minimum absolute atomic E-state index is 0.103. The van der Waals surface area contributed by atoms with E-state index < -0.39 is 5.60 Å². The summed E-state index contributed by atoms with van der Waals surface area (Å²) < 4.78 is 16.7. The Kier molecular flexibility index (Phi) is 15.0. The maximum atomic E-state index is 12.2. The lowest BCUT2D eigenvalue weighted by Gasteiger charge is -2.24. The van der Waals surface area contributed by atoms with E-state index in [-0.39, 0.29) is 24.8 Å². The van der Waals surface area contributed by atoms with E-state index in [0.717, 1.165) is 18.8 Å². The summed E-state index contributed by atoms with van der Waals surface area (Å²) in [5.41, 5.74) is -0.899. The van der Waals surface area contributed by atoms with Crippen LogP contribution in [-0.4, -0.2) is 37.0 Å². The summed E-state index contributed by atoms with van der Waals surface area (Å²) in [6.45, 7) is 14.9. The fraction of sp³-hybridized carbons (Fsp3) is 0.957. The molecule has 2 unspecified atom stereocenters. The molecule has 0 aliphatic carbocycles. The molecule has 0 fully saturated rings. The molecule has 27 heavy (non-hydrogen) atoms. The van der Waals surface area contributed by atoms with Crippen molar-refractivity contribution in [3.8, 4) is 0 Å². The van der Waals surface area contributed by atoms with Gasteiger partial charge in [0.2, 0.25) is 0 Å². The van der Waals surface area contributed by atoms with E-state index in [4.69, 9.17) is 14.2 Å². The van der Waals surface area contributed by atoms with Crippen LogP contribution in [0.15, 0.2) is 0 Å². The maximum absolute atomic E-state index is 12.2. The van der Waals surface area contributed by atoms with E-state index >= 15 is 0 Å². The first-order valence-electron chi connectivity index (χ1n) is 11.2. The zero-order chi connectivity index (χ0) is 20.7. The largest absolute Gasteiger partial charge is 0.461 e. The van der Waals surface area contributed by atoms with Crippen molar-refractivity contribution in [3.63, 3.8) is 0 Å². The van der Waals surface area contributed by atoms with Crippen LogP contribution in [0.3, 0.4) is 0 Å². The first-order chi connectivity index (χ1) is 12.7. The molecule has 0 radical (unpaired) electrons. The van der Waals surface area contributed by atoms with Gasteiger partial charge in [0.15, 0.2) is 5.60 Å². The Morgan fingerprint density at radius 2 is 1.48 bits per heavy atom. The highest BCUT2D eigenvalue weighted by atomic mass is 16.6. The van der Waals surface area contributed by atoms with Gasteiger partial charge in [-0.15, -0.1) is 0 Å². The highest BCUT2D eigenvalue weighted by Crippen LogP contribution is 2.18. The van der Waals surface area contributed by atoms with Gasteiger partial charge in [-0.3, -0.25) is 0 Å². The summed E-state index contributed by atoms with van der Waals surface area (Å²) in [6, 6.07) is 0. The van der Waals surface area contributed by atoms with Crippen molar-refractivity contribution in [2.45, 2.75) is 124 Å². The second-order valence-corrected chi connectivity index (χ2v) is 8.76.